The third-order valence-corrected chi connectivity index (χ3v) is 6.53. The van der Waals surface area contributed by atoms with Gasteiger partial charge in [0.1, 0.15) is 5.75 Å². The summed E-state index contributed by atoms with van der Waals surface area (Å²) in [6.45, 7) is 3.48. The molecule has 1 atom stereocenters. The first-order valence-corrected chi connectivity index (χ1v) is 13.1. The van der Waals surface area contributed by atoms with Gasteiger partial charge in [-0.15, -0.1) is 0 Å². The van der Waals surface area contributed by atoms with Gasteiger partial charge in [-0.25, -0.2) is 4.79 Å². The number of nitrogens with one attached hydrogen (secondary N) is 1. The third-order valence-electron chi connectivity index (χ3n) is 6.30. The molecule has 0 fully saturated rings. The minimum absolute atomic E-state index is 0.0514. The molecule has 0 aliphatic heterocycles. The molecule has 1 aromatic heterocycles. The summed E-state index contributed by atoms with van der Waals surface area (Å²) in [5.41, 5.74) is 3.74. The van der Waals surface area contributed by atoms with E-state index < -0.39 is 5.97 Å². The van der Waals surface area contributed by atoms with Crippen molar-refractivity contribution < 1.29 is 23.9 Å². The normalized spacial score (nSPS) is 11.0. The van der Waals surface area contributed by atoms with Crippen LogP contribution in [0.4, 0.5) is 5.69 Å². The number of halogens is 1. The summed E-state index contributed by atoms with van der Waals surface area (Å²) in [4.78, 5) is 45.9. The quantitative estimate of drug-likeness (QED) is 0.144. The van der Waals surface area contributed by atoms with Crippen LogP contribution in [0, 0.1) is 0 Å². The number of esters is 1. The van der Waals surface area contributed by atoms with Gasteiger partial charge in [0, 0.05) is 33.9 Å². The van der Waals surface area contributed by atoms with Crippen LogP contribution in [0.25, 0.3) is 11.1 Å². The molecule has 0 aliphatic rings. The molecular formula is C32H31ClN2O6. The van der Waals surface area contributed by atoms with E-state index in [0.29, 0.717) is 45.1 Å². The Balaban J connectivity index is 0.000000298. The number of amides is 1. The van der Waals surface area contributed by atoms with Crippen molar-refractivity contribution in [1.82, 2.24) is 4.57 Å². The largest absolute Gasteiger partial charge is 0.495 e. The molecule has 1 unspecified atom stereocenters. The maximum Gasteiger partial charge on any atom is 0.337 e. The van der Waals surface area contributed by atoms with Gasteiger partial charge >= 0.3 is 5.97 Å². The number of rotatable bonds is 9. The summed E-state index contributed by atoms with van der Waals surface area (Å²) in [5.74, 6) is 0.0253. The fourth-order valence-corrected chi connectivity index (χ4v) is 4.41. The molecule has 1 heterocycles. The second kappa shape index (κ2) is 14.6. The highest BCUT2D eigenvalue weighted by Gasteiger charge is 2.18. The molecule has 41 heavy (non-hydrogen) atoms. The van der Waals surface area contributed by atoms with E-state index in [2.05, 4.69) is 10.1 Å². The predicted octanol–water partition coefficient (Wildman–Crippen LogP) is 6.23. The Bertz CT molecular complexity index is 1570. The molecular weight excluding hydrogens is 544 g/mol. The SMILES string of the molecule is COC(=O)c1ccc(NC=O)cc1.COc1cn(C(C)Cc2ccccc2)c(=O)cc1-c1cc(Cl)ccc1C(C)=O. The number of anilines is 1. The van der Waals surface area contributed by atoms with E-state index in [-0.39, 0.29) is 17.4 Å². The second-order valence-electron chi connectivity index (χ2n) is 9.12. The van der Waals surface area contributed by atoms with Crippen molar-refractivity contribution in [3.8, 4) is 16.9 Å². The zero-order valence-corrected chi connectivity index (χ0v) is 24.0. The van der Waals surface area contributed by atoms with Gasteiger partial charge in [0.2, 0.25) is 6.41 Å². The van der Waals surface area contributed by atoms with Crippen LogP contribution in [-0.4, -0.2) is 36.9 Å². The summed E-state index contributed by atoms with van der Waals surface area (Å²) < 4.78 is 11.7. The van der Waals surface area contributed by atoms with Gasteiger partial charge in [-0.1, -0.05) is 41.9 Å². The number of ether oxygens (including phenoxy) is 2. The number of hydrogen-bond donors (Lipinski definition) is 1. The lowest BCUT2D eigenvalue weighted by Crippen LogP contribution is -2.24. The van der Waals surface area contributed by atoms with Crippen molar-refractivity contribution in [2.45, 2.75) is 26.3 Å². The number of methoxy groups -OCH3 is 2. The molecule has 4 aromatic rings. The predicted molar refractivity (Wildman–Crippen MR) is 160 cm³/mol. The monoisotopic (exact) mass is 574 g/mol. The number of benzene rings is 3. The number of carbonyl (C=O) groups is 3. The van der Waals surface area contributed by atoms with Crippen LogP contribution in [0.15, 0.2) is 89.9 Å². The van der Waals surface area contributed by atoms with Gasteiger partial charge in [0.25, 0.3) is 5.56 Å². The third kappa shape index (κ3) is 8.16. The summed E-state index contributed by atoms with van der Waals surface area (Å²) in [6.07, 6.45) is 3.00. The van der Waals surface area contributed by atoms with Crippen molar-refractivity contribution in [2.24, 2.45) is 0 Å². The lowest BCUT2D eigenvalue weighted by Gasteiger charge is -2.19. The van der Waals surface area contributed by atoms with Crippen molar-refractivity contribution in [1.29, 1.82) is 0 Å². The Hall–Kier alpha value is -4.69. The summed E-state index contributed by atoms with van der Waals surface area (Å²) in [6, 6.07) is 22.9. The van der Waals surface area contributed by atoms with Gasteiger partial charge in [-0.3, -0.25) is 14.4 Å². The lowest BCUT2D eigenvalue weighted by molar-refractivity contribution is -0.105. The highest BCUT2D eigenvalue weighted by atomic mass is 35.5. The van der Waals surface area contributed by atoms with Crippen LogP contribution >= 0.6 is 11.6 Å². The Morgan fingerprint density at radius 1 is 0.976 bits per heavy atom. The van der Waals surface area contributed by atoms with Crippen molar-refractivity contribution >= 4 is 35.5 Å². The Labute approximate surface area is 243 Å². The molecule has 8 nitrogen and oxygen atoms in total. The Morgan fingerprint density at radius 3 is 2.24 bits per heavy atom. The molecule has 1 amide bonds. The fourth-order valence-electron chi connectivity index (χ4n) is 4.23. The molecule has 0 bridgehead atoms. The lowest BCUT2D eigenvalue weighted by atomic mass is 9.97. The van der Waals surface area contributed by atoms with Crippen LogP contribution in [0.3, 0.4) is 0 Å². The first-order valence-electron chi connectivity index (χ1n) is 12.7. The van der Waals surface area contributed by atoms with Crippen LogP contribution < -0.4 is 15.6 Å². The van der Waals surface area contributed by atoms with E-state index in [1.54, 1.807) is 60.3 Å². The van der Waals surface area contributed by atoms with Crippen LogP contribution in [0.5, 0.6) is 5.75 Å². The Kier molecular flexibility index (Phi) is 11.0. The maximum atomic E-state index is 12.9. The molecule has 0 spiro atoms. The standard InChI is InChI=1S/C23H22ClNO3.C9H9NO3/c1-15(11-17-7-5-4-6-8-17)25-14-22(28-3)21(13-23(25)27)20-12-18(24)9-10-19(20)16(2)26;1-13-9(12)7-2-4-8(5-3-7)10-6-11/h4-10,12-15H,11H2,1-3H3;2-6H,1H3,(H,10,11). The van der Waals surface area contributed by atoms with E-state index in [9.17, 15) is 19.2 Å². The van der Waals surface area contributed by atoms with Gasteiger partial charge in [-0.05, 0) is 73.9 Å². The van der Waals surface area contributed by atoms with Crippen LogP contribution in [0.2, 0.25) is 5.02 Å². The van der Waals surface area contributed by atoms with E-state index in [1.165, 1.54) is 20.1 Å². The average molecular weight is 575 g/mol. The molecule has 212 valence electrons. The number of Topliss-reactive ketones (excluding diaryl/α,β-unsaturated/α-hetero) is 1. The van der Waals surface area contributed by atoms with Crippen LogP contribution in [-0.2, 0) is 16.0 Å². The maximum absolute atomic E-state index is 12.9. The van der Waals surface area contributed by atoms with Crippen molar-refractivity contribution in [3.05, 3.63) is 117 Å². The zero-order chi connectivity index (χ0) is 29.9. The van der Waals surface area contributed by atoms with Crippen LogP contribution in [0.1, 0.15) is 46.2 Å². The molecule has 3 aromatic carbocycles. The number of hydrogen-bond acceptors (Lipinski definition) is 6. The number of pyridine rings is 1. The molecule has 0 radical (unpaired) electrons. The zero-order valence-electron chi connectivity index (χ0n) is 23.2. The molecule has 0 aliphatic carbocycles. The average Bonchev–Trinajstić information content (AvgIpc) is 2.97. The van der Waals surface area contributed by atoms with E-state index >= 15 is 0 Å². The summed E-state index contributed by atoms with van der Waals surface area (Å²) in [5, 5.41) is 2.95. The minimum Gasteiger partial charge on any atom is -0.495 e. The van der Waals surface area contributed by atoms with E-state index in [0.717, 1.165) is 12.0 Å². The van der Waals surface area contributed by atoms with Gasteiger partial charge in [0.15, 0.2) is 5.78 Å². The molecule has 4 rings (SSSR count). The van der Waals surface area contributed by atoms with Crippen molar-refractivity contribution in [3.63, 3.8) is 0 Å². The number of carbonyl (C=O) groups excluding carboxylic acids is 3. The first kappa shape index (κ1) is 30.8. The summed E-state index contributed by atoms with van der Waals surface area (Å²) >= 11 is 6.14. The van der Waals surface area contributed by atoms with E-state index in [1.807, 2.05) is 37.3 Å². The van der Waals surface area contributed by atoms with E-state index in [4.69, 9.17) is 16.3 Å². The van der Waals surface area contributed by atoms with Gasteiger partial charge < -0.3 is 19.4 Å². The van der Waals surface area contributed by atoms with Gasteiger partial charge in [-0.2, -0.15) is 0 Å². The summed E-state index contributed by atoms with van der Waals surface area (Å²) in [7, 11) is 2.87. The second-order valence-corrected chi connectivity index (χ2v) is 9.55. The fraction of sp³-hybridized carbons (Fsp3) is 0.188. The van der Waals surface area contributed by atoms with Gasteiger partial charge in [0.05, 0.1) is 26.0 Å². The molecule has 0 saturated carbocycles. The smallest absolute Gasteiger partial charge is 0.337 e. The highest BCUT2D eigenvalue weighted by Crippen LogP contribution is 2.34. The molecule has 1 N–H and O–H groups in total. The number of ketones is 1. The topological polar surface area (TPSA) is 104 Å². The number of nitrogens with zero attached hydrogens (tertiary/aromatic N) is 1. The minimum atomic E-state index is -0.391. The Morgan fingerprint density at radius 2 is 1.66 bits per heavy atom. The first-order chi connectivity index (χ1) is 19.7. The molecule has 9 heteroatoms. The number of aromatic nitrogens is 1. The molecule has 0 saturated heterocycles. The van der Waals surface area contributed by atoms with Crippen molar-refractivity contribution in [2.75, 3.05) is 19.5 Å². The highest BCUT2D eigenvalue weighted by molar-refractivity contribution is 6.31.